The van der Waals surface area contributed by atoms with E-state index < -0.39 is 4.92 Å². The molecule has 0 N–H and O–H groups in total. The van der Waals surface area contributed by atoms with Gasteiger partial charge in [0, 0.05) is 6.07 Å². The molecular weight excluding hydrogens is 300 g/mol. The summed E-state index contributed by atoms with van der Waals surface area (Å²) in [5.41, 5.74) is 0.358. The Labute approximate surface area is 130 Å². The molecule has 108 valence electrons. The highest BCUT2D eigenvalue weighted by atomic mass is 32.1. The first-order chi connectivity index (χ1) is 10.6. The van der Waals surface area contributed by atoms with Gasteiger partial charge in [0.1, 0.15) is 11.6 Å². The normalized spacial score (nSPS) is 11.3. The van der Waals surface area contributed by atoms with Gasteiger partial charge >= 0.3 is 0 Å². The topological polar surface area (TPSA) is 84.0 Å². The van der Waals surface area contributed by atoms with E-state index in [9.17, 15) is 14.9 Å². The number of carbonyl (C=O) groups is 1. The lowest BCUT2D eigenvalue weighted by atomic mass is 10.1. The second-order valence-electron chi connectivity index (χ2n) is 4.17. The number of ketones is 1. The van der Waals surface area contributed by atoms with Crippen LogP contribution in [0.1, 0.15) is 15.2 Å². The van der Waals surface area contributed by atoms with E-state index >= 15 is 0 Å². The minimum absolute atomic E-state index is 0.0164. The molecule has 0 aliphatic carbocycles. The van der Waals surface area contributed by atoms with Crippen LogP contribution in [-0.4, -0.2) is 10.7 Å². The molecule has 0 unspecified atom stereocenters. The van der Waals surface area contributed by atoms with Gasteiger partial charge in [0.15, 0.2) is 0 Å². The third-order valence-electron chi connectivity index (χ3n) is 2.78. The van der Waals surface area contributed by atoms with Crippen molar-refractivity contribution in [2.45, 2.75) is 0 Å². The van der Waals surface area contributed by atoms with Crippen molar-refractivity contribution in [3.05, 3.63) is 80.1 Å². The van der Waals surface area contributed by atoms with Gasteiger partial charge in [-0.1, -0.05) is 24.3 Å². The van der Waals surface area contributed by atoms with Crippen molar-refractivity contribution in [3.63, 3.8) is 0 Å². The molecule has 2 aromatic rings. The number of nitriles is 1. The van der Waals surface area contributed by atoms with Crippen LogP contribution in [-0.2, 0) is 0 Å². The number of carbonyl (C=O) groups excluding carboxylic acids is 1. The maximum atomic E-state index is 12.0. The molecule has 0 amide bonds. The van der Waals surface area contributed by atoms with Crippen molar-refractivity contribution < 1.29 is 9.72 Å². The van der Waals surface area contributed by atoms with Crippen molar-refractivity contribution in [2.75, 3.05) is 0 Å². The van der Waals surface area contributed by atoms with Crippen LogP contribution in [0.15, 0.2) is 59.5 Å². The van der Waals surface area contributed by atoms with Gasteiger partial charge in [0.2, 0.25) is 5.78 Å². The van der Waals surface area contributed by atoms with E-state index in [4.69, 9.17) is 5.26 Å². The highest BCUT2D eigenvalue weighted by Crippen LogP contribution is 2.19. The molecule has 0 atom stereocenters. The molecule has 22 heavy (non-hydrogen) atoms. The molecule has 0 saturated carbocycles. The first-order valence-electron chi connectivity index (χ1n) is 6.23. The molecule has 0 spiro atoms. The minimum Gasteiger partial charge on any atom is -0.287 e. The van der Waals surface area contributed by atoms with Crippen molar-refractivity contribution >= 4 is 28.9 Å². The fraction of sp³-hybridized carbons (Fsp3) is 0. The lowest BCUT2D eigenvalue weighted by molar-refractivity contribution is -0.385. The smallest absolute Gasteiger partial charge is 0.276 e. The molecule has 0 radical (unpaired) electrons. The van der Waals surface area contributed by atoms with E-state index in [-0.39, 0.29) is 17.0 Å². The van der Waals surface area contributed by atoms with Crippen LogP contribution < -0.4 is 0 Å². The van der Waals surface area contributed by atoms with E-state index in [1.807, 2.05) is 6.07 Å². The van der Waals surface area contributed by atoms with Crippen LogP contribution >= 0.6 is 11.3 Å². The summed E-state index contributed by atoms with van der Waals surface area (Å²) in [5, 5.41) is 21.7. The monoisotopic (exact) mass is 310 g/mol. The number of nitrogens with zero attached hydrogens (tertiary/aromatic N) is 2. The van der Waals surface area contributed by atoms with Crippen LogP contribution in [0.25, 0.3) is 6.08 Å². The molecule has 5 nitrogen and oxygen atoms in total. The number of para-hydroxylation sites is 1. The first kappa shape index (κ1) is 15.4. The van der Waals surface area contributed by atoms with E-state index in [0.29, 0.717) is 10.4 Å². The zero-order chi connectivity index (χ0) is 15.9. The van der Waals surface area contributed by atoms with Gasteiger partial charge in [-0.05, 0) is 29.7 Å². The number of rotatable bonds is 5. The molecule has 6 heteroatoms. The van der Waals surface area contributed by atoms with Crippen molar-refractivity contribution in [3.8, 4) is 6.07 Å². The van der Waals surface area contributed by atoms with Gasteiger partial charge < -0.3 is 0 Å². The summed E-state index contributed by atoms with van der Waals surface area (Å²) >= 11 is 1.26. The highest BCUT2D eigenvalue weighted by molar-refractivity contribution is 7.12. The van der Waals surface area contributed by atoms with Gasteiger partial charge in [-0.3, -0.25) is 14.9 Å². The summed E-state index contributed by atoms with van der Waals surface area (Å²) in [6, 6.07) is 11.5. The van der Waals surface area contributed by atoms with Crippen molar-refractivity contribution in [1.29, 1.82) is 5.26 Å². The van der Waals surface area contributed by atoms with Crippen LogP contribution in [0.2, 0.25) is 0 Å². The Morgan fingerprint density at radius 1 is 1.27 bits per heavy atom. The van der Waals surface area contributed by atoms with Crippen molar-refractivity contribution in [2.24, 2.45) is 0 Å². The number of Topliss-reactive ketones (excluding diaryl/α,β-unsaturated/α-hetero) is 1. The lowest BCUT2D eigenvalue weighted by Gasteiger charge is -1.96. The van der Waals surface area contributed by atoms with Gasteiger partial charge in [-0.2, -0.15) is 5.26 Å². The largest absolute Gasteiger partial charge is 0.287 e. The SMILES string of the molecule is N#C/C(=C\C=C\c1ccccc1[N+](=O)[O-])C(=O)c1cccs1. The van der Waals surface area contributed by atoms with Crippen molar-refractivity contribution in [1.82, 2.24) is 0 Å². The van der Waals surface area contributed by atoms with Crippen LogP contribution in [0.4, 0.5) is 5.69 Å². The van der Waals surface area contributed by atoms with Gasteiger partial charge in [0.25, 0.3) is 5.69 Å². The number of thiophene rings is 1. The van der Waals surface area contributed by atoms with Crippen LogP contribution in [0, 0.1) is 21.4 Å². The standard InChI is InChI=1S/C16H10N2O3S/c17-11-13(16(19)15-9-4-10-22-15)7-3-6-12-5-1-2-8-14(12)18(20)21/h1-10H/b6-3+,13-7+. The van der Waals surface area contributed by atoms with Gasteiger partial charge in [0.05, 0.1) is 15.4 Å². The van der Waals surface area contributed by atoms with Gasteiger partial charge in [-0.25, -0.2) is 0 Å². The first-order valence-corrected chi connectivity index (χ1v) is 7.11. The molecule has 1 heterocycles. The lowest BCUT2D eigenvalue weighted by Crippen LogP contribution is -1.98. The number of benzene rings is 1. The molecule has 1 aromatic heterocycles. The van der Waals surface area contributed by atoms with Crippen LogP contribution in [0.5, 0.6) is 0 Å². The minimum atomic E-state index is -0.481. The number of nitro benzene ring substituents is 1. The summed E-state index contributed by atoms with van der Waals surface area (Å²) < 4.78 is 0. The molecule has 0 aliphatic rings. The Balaban J connectivity index is 2.25. The average molecular weight is 310 g/mol. The molecular formula is C16H10N2O3S. The molecule has 0 aliphatic heterocycles. The maximum Gasteiger partial charge on any atom is 0.276 e. The van der Waals surface area contributed by atoms with E-state index in [2.05, 4.69) is 0 Å². The zero-order valence-electron chi connectivity index (χ0n) is 11.3. The van der Waals surface area contributed by atoms with E-state index in [1.165, 1.54) is 35.6 Å². The van der Waals surface area contributed by atoms with Gasteiger partial charge in [-0.15, -0.1) is 11.3 Å². The number of nitro groups is 1. The zero-order valence-corrected chi connectivity index (χ0v) is 12.1. The van der Waals surface area contributed by atoms with Crippen LogP contribution in [0.3, 0.4) is 0 Å². The molecule has 0 bridgehead atoms. The molecule has 1 aromatic carbocycles. The second-order valence-corrected chi connectivity index (χ2v) is 5.12. The summed E-state index contributed by atoms with van der Waals surface area (Å²) in [6.07, 6.45) is 4.32. The Bertz CT molecular complexity index is 799. The number of allylic oxidation sites excluding steroid dienone is 3. The third kappa shape index (κ3) is 3.53. The summed E-state index contributed by atoms with van der Waals surface area (Å²) in [7, 11) is 0. The number of hydrogen-bond acceptors (Lipinski definition) is 5. The fourth-order valence-electron chi connectivity index (χ4n) is 1.75. The summed E-state index contributed by atoms with van der Waals surface area (Å²) in [5.74, 6) is -0.357. The molecule has 2 rings (SSSR count). The Morgan fingerprint density at radius 2 is 2.05 bits per heavy atom. The maximum absolute atomic E-state index is 12.0. The van der Waals surface area contributed by atoms with E-state index in [1.54, 1.807) is 35.7 Å². The third-order valence-corrected chi connectivity index (χ3v) is 3.65. The highest BCUT2D eigenvalue weighted by Gasteiger charge is 2.12. The quantitative estimate of drug-likeness (QED) is 0.209. The number of hydrogen-bond donors (Lipinski definition) is 0. The Hall–Kier alpha value is -3.04. The molecule has 0 saturated heterocycles. The summed E-state index contributed by atoms with van der Waals surface area (Å²) in [6.45, 7) is 0. The predicted molar refractivity (Wildman–Crippen MR) is 84.5 cm³/mol. The predicted octanol–water partition coefficient (Wildman–Crippen LogP) is 4.00. The summed E-state index contributed by atoms with van der Waals surface area (Å²) in [4.78, 5) is 22.9. The fourth-order valence-corrected chi connectivity index (χ4v) is 2.42. The average Bonchev–Trinajstić information content (AvgIpc) is 3.05. The molecule has 0 fully saturated rings. The second kappa shape index (κ2) is 7.11. The van der Waals surface area contributed by atoms with E-state index in [0.717, 1.165) is 0 Å². The Morgan fingerprint density at radius 3 is 2.68 bits per heavy atom. The Kier molecular flexibility index (Phi) is 4.96.